The molecule has 194 valence electrons. The van der Waals surface area contributed by atoms with Gasteiger partial charge in [0.15, 0.2) is 15.7 Å². The Hall–Kier alpha value is -3.53. The van der Waals surface area contributed by atoms with E-state index in [1.54, 1.807) is 24.3 Å². The molecule has 2 N–H and O–H groups in total. The molecule has 12 heteroatoms. The van der Waals surface area contributed by atoms with Crippen molar-refractivity contribution < 1.29 is 21.9 Å². The molecule has 5 rings (SSSR count). The van der Waals surface area contributed by atoms with E-state index >= 15 is 4.39 Å². The van der Waals surface area contributed by atoms with Crippen LogP contribution in [0, 0.1) is 18.2 Å². The quantitative estimate of drug-likeness (QED) is 0.475. The van der Waals surface area contributed by atoms with Crippen LogP contribution in [0.2, 0.25) is 0 Å². The number of rotatable bonds is 6. The third kappa shape index (κ3) is 5.58. The molecule has 3 aromatic rings. The fourth-order valence-corrected chi connectivity index (χ4v) is 5.62. The molecule has 2 aromatic carbocycles. The molecule has 2 aliphatic rings. The minimum atomic E-state index is -3.06. The second kappa shape index (κ2) is 10.5. The summed E-state index contributed by atoms with van der Waals surface area (Å²) < 4.78 is 60.5. The van der Waals surface area contributed by atoms with E-state index in [0.29, 0.717) is 55.5 Å². The first-order chi connectivity index (χ1) is 17.8. The highest BCUT2D eigenvalue weighted by molar-refractivity contribution is 7.91. The van der Waals surface area contributed by atoms with Gasteiger partial charge < -0.3 is 20.3 Å². The summed E-state index contributed by atoms with van der Waals surface area (Å²) in [6.07, 6.45) is -0.0536. The van der Waals surface area contributed by atoms with Crippen LogP contribution in [0.15, 0.2) is 42.5 Å². The van der Waals surface area contributed by atoms with Crippen LogP contribution >= 0.6 is 0 Å². The molecule has 0 amide bonds. The Morgan fingerprint density at radius 3 is 2.62 bits per heavy atom. The molecule has 1 unspecified atom stereocenters. The van der Waals surface area contributed by atoms with Crippen molar-refractivity contribution in [3.05, 3.63) is 65.5 Å². The summed E-state index contributed by atoms with van der Waals surface area (Å²) in [5.41, 5.74) is 1.51. The first kappa shape index (κ1) is 25.1. The van der Waals surface area contributed by atoms with Gasteiger partial charge in [0.05, 0.1) is 36.5 Å². The summed E-state index contributed by atoms with van der Waals surface area (Å²) in [4.78, 5) is 5.00. The van der Waals surface area contributed by atoms with E-state index in [1.807, 2.05) is 4.90 Å². The van der Waals surface area contributed by atoms with Crippen LogP contribution in [0.3, 0.4) is 0 Å². The van der Waals surface area contributed by atoms with Crippen molar-refractivity contribution in [1.82, 2.24) is 15.1 Å². The van der Waals surface area contributed by atoms with Crippen molar-refractivity contribution in [2.75, 3.05) is 61.1 Å². The van der Waals surface area contributed by atoms with Crippen molar-refractivity contribution >= 4 is 27.0 Å². The van der Waals surface area contributed by atoms with Crippen LogP contribution in [-0.2, 0) is 14.6 Å². The molecule has 0 bridgehead atoms. The lowest BCUT2D eigenvalue weighted by Crippen LogP contribution is -2.42. The minimum Gasteiger partial charge on any atom is -0.374 e. The third-order valence-electron chi connectivity index (χ3n) is 6.46. The first-order valence-electron chi connectivity index (χ1n) is 11.9. The lowest BCUT2D eigenvalue weighted by Gasteiger charge is -2.29. The molecule has 2 saturated heterocycles. The Balaban J connectivity index is 1.47. The summed E-state index contributed by atoms with van der Waals surface area (Å²) in [5, 5.41) is 11.0. The lowest BCUT2D eigenvalue weighted by atomic mass is 10.1. The molecule has 9 nitrogen and oxygen atoms in total. The molecular weight excluding hydrogens is 502 g/mol. The molecule has 0 spiro atoms. The Kier molecular flexibility index (Phi) is 7.10. The van der Waals surface area contributed by atoms with Gasteiger partial charge in [-0.1, -0.05) is 12.1 Å². The van der Waals surface area contributed by atoms with Crippen LogP contribution in [0.5, 0.6) is 0 Å². The molecule has 0 saturated carbocycles. The first-order valence-corrected chi connectivity index (χ1v) is 13.7. The van der Waals surface area contributed by atoms with Gasteiger partial charge in [-0.05, 0) is 24.3 Å². The fraction of sp³-hybridized carbons (Fsp3) is 0.360. The van der Waals surface area contributed by atoms with Gasteiger partial charge in [0.2, 0.25) is 5.69 Å². The number of benzene rings is 2. The van der Waals surface area contributed by atoms with Crippen molar-refractivity contribution in [2.24, 2.45) is 0 Å². The molecule has 2 fully saturated rings. The Bertz CT molecular complexity index is 1430. The Labute approximate surface area is 213 Å². The van der Waals surface area contributed by atoms with Gasteiger partial charge in [-0.25, -0.2) is 26.7 Å². The summed E-state index contributed by atoms with van der Waals surface area (Å²) in [6.45, 7) is 10.3. The highest BCUT2D eigenvalue weighted by atomic mass is 32.2. The van der Waals surface area contributed by atoms with Gasteiger partial charge in [0.25, 0.3) is 0 Å². The van der Waals surface area contributed by atoms with Gasteiger partial charge in [-0.15, -0.1) is 5.10 Å². The molecular formula is C25H26F2N6O3S. The van der Waals surface area contributed by atoms with Gasteiger partial charge in [-0.2, -0.15) is 0 Å². The maximum atomic E-state index is 15.5. The van der Waals surface area contributed by atoms with Gasteiger partial charge in [0.1, 0.15) is 17.3 Å². The summed E-state index contributed by atoms with van der Waals surface area (Å²) >= 11 is 0. The summed E-state index contributed by atoms with van der Waals surface area (Å²) in [6, 6.07) is 10.6. The van der Waals surface area contributed by atoms with Crippen molar-refractivity contribution in [3.8, 4) is 16.9 Å². The zero-order valence-corrected chi connectivity index (χ0v) is 20.8. The predicted octanol–water partition coefficient (Wildman–Crippen LogP) is 3.00. The van der Waals surface area contributed by atoms with E-state index in [9.17, 15) is 12.8 Å². The molecule has 0 aliphatic carbocycles. The number of anilines is 2. The van der Waals surface area contributed by atoms with E-state index in [4.69, 9.17) is 11.3 Å². The molecule has 3 heterocycles. The van der Waals surface area contributed by atoms with Crippen molar-refractivity contribution in [1.29, 1.82) is 0 Å². The molecule has 2 aliphatic heterocycles. The number of nitrogens with zero attached hydrogens (tertiary/aromatic N) is 4. The lowest BCUT2D eigenvalue weighted by molar-refractivity contribution is 0.0372. The number of aromatic nitrogens is 2. The van der Waals surface area contributed by atoms with Gasteiger partial charge in [-0.3, -0.25) is 0 Å². The van der Waals surface area contributed by atoms with Crippen molar-refractivity contribution in [2.45, 2.75) is 6.10 Å². The normalized spacial score (nSPS) is 19.4. The predicted molar refractivity (Wildman–Crippen MR) is 137 cm³/mol. The third-order valence-corrected chi connectivity index (χ3v) is 8.07. The van der Waals surface area contributed by atoms with E-state index < -0.39 is 21.5 Å². The van der Waals surface area contributed by atoms with Crippen LogP contribution in [-0.4, -0.2) is 75.1 Å². The largest absolute Gasteiger partial charge is 0.374 e. The monoisotopic (exact) mass is 528 g/mol. The summed E-state index contributed by atoms with van der Waals surface area (Å²) in [5.74, 6) is -0.710. The Morgan fingerprint density at radius 2 is 1.95 bits per heavy atom. The zero-order valence-electron chi connectivity index (χ0n) is 20.0. The second-order valence-electron chi connectivity index (χ2n) is 8.96. The van der Waals surface area contributed by atoms with Crippen LogP contribution in [0.25, 0.3) is 21.8 Å². The number of morpholine rings is 1. The highest BCUT2D eigenvalue weighted by Crippen LogP contribution is 2.32. The minimum absolute atomic E-state index is 0.0289. The summed E-state index contributed by atoms with van der Waals surface area (Å²) in [7, 11) is -3.06. The van der Waals surface area contributed by atoms with E-state index in [0.717, 1.165) is 6.54 Å². The van der Waals surface area contributed by atoms with Crippen LogP contribution in [0.1, 0.15) is 0 Å². The van der Waals surface area contributed by atoms with Gasteiger partial charge >= 0.3 is 0 Å². The maximum Gasteiger partial charge on any atom is 0.222 e. The molecule has 1 aromatic heterocycles. The standard InChI is InChI=1S/C25H26F2N6O3S/c1-28-22-4-2-17(12-20(22)26)24-14-25(30-16-19-15-29-6-9-36-19)31-33(24)23-5-3-18(13-21(23)27)32-7-10-37(34,35)11-8-32/h2-5,12-14,19,29H,6-11,15-16H2,(H,30,31). The number of halogens is 2. The number of ether oxygens (including phenoxy) is 1. The van der Waals surface area contributed by atoms with E-state index in [2.05, 4.69) is 20.6 Å². The van der Waals surface area contributed by atoms with Crippen LogP contribution < -0.4 is 15.5 Å². The average Bonchev–Trinajstić information content (AvgIpc) is 3.32. The van der Waals surface area contributed by atoms with Gasteiger partial charge in [0, 0.05) is 50.0 Å². The maximum absolute atomic E-state index is 15.5. The van der Waals surface area contributed by atoms with E-state index in [-0.39, 0.29) is 29.0 Å². The number of hydrogen-bond acceptors (Lipinski definition) is 7. The van der Waals surface area contributed by atoms with Crippen LogP contribution in [0.4, 0.5) is 26.0 Å². The zero-order chi connectivity index (χ0) is 26.0. The number of nitrogens with one attached hydrogen (secondary N) is 2. The average molecular weight is 529 g/mol. The number of sulfone groups is 1. The Morgan fingerprint density at radius 1 is 1.14 bits per heavy atom. The molecule has 0 radical (unpaired) electrons. The topological polar surface area (TPSA) is 92.8 Å². The molecule has 1 atom stereocenters. The van der Waals surface area contributed by atoms with Crippen molar-refractivity contribution in [3.63, 3.8) is 0 Å². The molecule has 37 heavy (non-hydrogen) atoms. The number of hydrogen-bond donors (Lipinski definition) is 2. The second-order valence-corrected chi connectivity index (χ2v) is 11.3. The highest BCUT2D eigenvalue weighted by Gasteiger charge is 2.23. The van der Waals surface area contributed by atoms with E-state index in [1.165, 1.54) is 22.9 Å². The fourth-order valence-electron chi connectivity index (χ4n) is 4.42. The SMILES string of the molecule is [C-]#[N+]c1ccc(-c2cc(NCC3CNCCO3)nn2-c2ccc(N3CCS(=O)(=O)CC3)cc2F)cc1F. The smallest absolute Gasteiger partial charge is 0.222 e.